The Morgan fingerprint density at radius 2 is 1.76 bits per heavy atom. The minimum atomic E-state index is -3.62. The van der Waals surface area contributed by atoms with Gasteiger partial charge in [-0.2, -0.15) is 4.31 Å². The van der Waals surface area contributed by atoms with Gasteiger partial charge in [-0.1, -0.05) is 13.8 Å². The van der Waals surface area contributed by atoms with Crippen LogP contribution in [0, 0.1) is 11.8 Å². The van der Waals surface area contributed by atoms with E-state index in [1.165, 1.54) is 39.9 Å². The van der Waals surface area contributed by atoms with Gasteiger partial charge in [-0.25, -0.2) is 8.42 Å². The Balaban J connectivity index is 1.53. The predicted octanol–water partition coefficient (Wildman–Crippen LogP) is 2.75. The van der Waals surface area contributed by atoms with Crippen LogP contribution in [0.1, 0.15) is 51.4 Å². The lowest BCUT2D eigenvalue weighted by atomic mass is 9.94. The van der Waals surface area contributed by atoms with Crippen LogP contribution in [0.5, 0.6) is 0 Å². The van der Waals surface area contributed by atoms with Crippen molar-refractivity contribution in [3.63, 3.8) is 0 Å². The molecule has 1 saturated heterocycles. The van der Waals surface area contributed by atoms with E-state index in [0.29, 0.717) is 54.0 Å². The molecular formula is C23H30N4O4S2. The van der Waals surface area contributed by atoms with Crippen LogP contribution in [0.2, 0.25) is 0 Å². The van der Waals surface area contributed by atoms with Crippen molar-refractivity contribution in [3.05, 3.63) is 45.8 Å². The normalized spacial score (nSPS) is 22.0. The second-order valence-corrected chi connectivity index (χ2v) is 12.3. The van der Waals surface area contributed by atoms with Crippen molar-refractivity contribution in [3.8, 4) is 0 Å². The van der Waals surface area contributed by atoms with Crippen LogP contribution in [0.4, 0.5) is 5.00 Å². The Labute approximate surface area is 198 Å². The molecule has 0 aliphatic carbocycles. The molecule has 2 aromatic rings. The first-order valence-corrected chi connectivity index (χ1v) is 13.4. The molecule has 1 aromatic heterocycles. The maximum absolute atomic E-state index is 13.1. The summed E-state index contributed by atoms with van der Waals surface area (Å²) < 4.78 is 27.7. The molecule has 0 unspecified atom stereocenters. The number of rotatable bonds is 5. The summed E-state index contributed by atoms with van der Waals surface area (Å²) in [5, 5.41) is 3.26. The van der Waals surface area contributed by atoms with E-state index in [-0.39, 0.29) is 4.90 Å². The number of sulfonamides is 1. The first-order chi connectivity index (χ1) is 15.6. The number of piperidine rings is 1. The Hall–Kier alpha value is -2.27. The van der Waals surface area contributed by atoms with Gasteiger partial charge >= 0.3 is 0 Å². The molecule has 1 fully saturated rings. The van der Waals surface area contributed by atoms with E-state index in [9.17, 15) is 18.0 Å². The van der Waals surface area contributed by atoms with Crippen LogP contribution in [0.25, 0.3) is 0 Å². The lowest BCUT2D eigenvalue weighted by Gasteiger charge is -2.34. The van der Waals surface area contributed by atoms with E-state index < -0.39 is 21.8 Å². The molecule has 2 atom stereocenters. The minimum Gasteiger partial charge on any atom is -0.365 e. The number of likely N-dealkylation sites (N-methyl/N-ethyl adjacent to an activating group) is 1. The van der Waals surface area contributed by atoms with E-state index >= 15 is 0 Å². The molecule has 2 amide bonds. The number of thiophene rings is 1. The third kappa shape index (κ3) is 4.84. The van der Waals surface area contributed by atoms with Gasteiger partial charge in [0.15, 0.2) is 0 Å². The third-order valence-electron chi connectivity index (χ3n) is 6.31. The number of nitrogens with zero attached hydrogens (tertiary/aromatic N) is 2. The highest BCUT2D eigenvalue weighted by Crippen LogP contribution is 2.37. The quantitative estimate of drug-likeness (QED) is 0.669. The summed E-state index contributed by atoms with van der Waals surface area (Å²) in [7, 11) is -1.61. The summed E-state index contributed by atoms with van der Waals surface area (Å²) >= 11 is 1.37. The van der Waals surface area contributed by atoms with Crippen LogP contribution in [-0.4, -0.2) is 56.1 Å². The number of nitrogens with one attached hydrogen (secondary N) is 1. The van der Waals surface area contributed by atoms with Crippen molar-refractivity contribution in [2.45, 2.75) is 38.1 Å². The summed E-state index contributed by atoms with van der Waals surface area (Å²) in [5.41, 5.74) is 7.22. The summed E-state index contributed by atoms with van der Waals surface area (Å²) in [6, 6.07) is 5.95. The number of benzene rings is 1. The SMILES string of the molecule is C[C@@H]1C[C@@H](C)CN(S(=O)(=O)c2ccc(C(=O)Nc3sc4c(c3C(N)=O)CCN(C)C4)cc2)C1. The lowest BCUT2D eigenvalue weighted by Crippen LogP contribution is -2.42. The van der Waals surface area contributed by atoms with Gasteiger partial charge in [0, 0.05) is 36.6 Å². The van der Waals surface area contributed by atoms with Crippen molar-refractivity contribution in [2.75, 3.05) is 32.0 Å². The fourth-order valence-corrected chi connectivity index (χ4v) is 7.79. The summed E-state index contributed by atoms with van der Waals surface area (Å²) in [6.07, 6.45) is 1.72. The molecule has 10 heteroatoms. The highest BCUT2D eigenvalue weighted by Gasteiger charge is 2.32. The van der Waals surface area contributed by atoms with Crippen LogP contribution < -0.4 is 11.1 Å². The molecule has 178 valence electrons. The second kappa shape index (κ2) is 9.17. The van der Waals surface area contributed by atoms with Gasteiger partial charge in [0.2, 0.25) is 10.0 Å². The van der Waals surface area contributed by atoms with Crippen molar-refractivity contribution in [1.82, 2.24) is 9.21 Å². The van der Waals surface area contributed by atoms with Crippen LogP contribution >= 0.6 is 11.3 Å². The van der Waals surface area contributed by atoms with E-state index in [4.69, 9.17) is 5.73 Å². The number of carbonyl (C=O) groups is 2. The molecule has 4 rings (SSSR count). The van der Waals surface area contributed by atoms with Crippen molar-refractivity contribution >= 4 is 38.2 Å². The maximum Gasteiger partial charge on any atom is 0.256 e. The summed E-state index contributed by atoms with van der Waals surface area (Å²) in [5.74, 6) is -0.346. The highest BCUT2D eigenvalue weighted by atomic mass is 32.2. The van der Waals surface area contributed by atoms with Crippen LogP contribution in [0.3, 0.4) is 0 Å². The smallest absolute Gasteiger partial charge is 0.256 e. The van der Waals surface area contributed by atoms with Crippen molar-refractivity contribution in [2.24, 2.45) is 17.6 Å². The molecule has 1 aromatic carbocycles. The van der Waals surface area contributed by atoms with Gasteiger partial charge in [0.1, 0.15) is 5.00 Å². The molecule has 8 nitrogen and oxygen atoms in total. The fraction of sp³-hybridized carbons (Fsp3) is 0.478. The zero-order valence-corrected chi connectivity index (χ0v) is 20.8. The molecule has 0 saturated carbocycles. The van der Waals surface area contributed by atoms with E-state index in [1.54, 1.807) is 0 Å². The van der Waals surface area contributed by atoms with E-state index in [2.05, 4.69) is 24.1 Å². The molecule has 2 aliphatic rings. The predicted molar refractivity (Wildman–Crippen MR) is 129 cm³/mol. The minimum absolute atomic E-state index is 0.174. The number of anilines is 1. The van der Waals surface area contributed by atoms with Gasteiger partial charge in [-0.3, -0.25) is 9.59 Å². The molecule has 33 heavy (non-hydrogen) atoms. The van der Waals surface area contributed by atoms with Crippen molar-refractivity contribution in [1.29, 1.82) is 0 Å². The number of nitrogens with two attached hydrogens (primary N) is 1. The number of carbonyl (C=O) groups excluding carboxylic acids is 2. The number of primary amides is 1. The largest absolute Gasteiger partial charge is 0.365 e. The topological polar surface area (TPSA) is 113 Å². The molecule has 3 heterocycles. The maximum atomic E-state index is 13.1. The third-order valence-corrected chi connectivity index (χ3v) is 9.29. The van der Waals surface area contributed by atoms with Gasteiger partial charge in [-0.15, -0.1) is 11.3 Å². The van der Waals surface area contributed by atoms with Crippen LogP contribution in [0.15, 0.2) is 29.2 Å². The zero-order chi connectivity index (χ0) is 23.9. The monoisotopic (exact) mass is 490 g/mol. The molecule has 0 spiro atoms. The number of fused-ring (bicyclic) bond motifs is 1. The van der Waals surface area contributed by atoms with Gasteiger partial charge in [0.05, 0.1) is 10.5 Å². The first-order valence-electron chi connectivity index (χ1n) is 11.1. The Kier molecular flexibility index (Phi) is 6.63. The zero-order valence-electron chi connectivity index (χ0n) is 19.1. The highest BCUT2D eigenvalue weighted by molar-refractivity contribution is 7.89. The summed E-state index contributed by atoms with van der Waals surface area (Å²) in [6.45, 7) is 6.66. The van der Waals surface area contributed by atoms with E-state index in [1.807, 2.05) is 7.05 Å². The molecule has 2 aliphatic heterocycles. The second-order valence-electron chi connectivity index (χ2n) is 9.31. The molecule has 0 radical (unpaired) electrons. The first kappa shape index (κ1) is 23.9. The number of hydrogen-bond donors (Lipinski definition) is 2. The van der Waals surface area contributed by atoms with E-state index in [0.717, 1.165) is 23.4 Å². The lowest BCUT2D eigenvalue weighted by molar-refractivity contribution is 0.1000. The molecule has 3 N–H and O–H groups in total. The van der Waals surface area contributed by atoms with Gasteiger partial charge < -0.3 is 16.0 Å². The standard InChI is InChI=1S/C23H30N4O4S2/c1-14-10-15(2)12-27(11-14)33(30,31)17-6-4-16(5-7-17)22(29)25-23-20(21(24)28)18-8-9-26(3)13-19(18)32-23/h4-7,14-15H,8-13H2,1-3H3,(H2,24,28)(H,25,29)/t14-,15-/m1/s1. The molecule has 0 bridgehead atoms. The van der Waals surface area contributed by atoms with Gasteiger partial charge in [0.25, 0.3) is 11.8 Å². The number of amides is 2. The average molecular weight is 491 g/mol. The van der Waals surface area contributed by atoms with Gasteiger partial charge in [-0.05, 0) is 61.6 Å². The molecular weight excluding hydrogens is 460 g/mol. The van der Waals surface area contributed by atoms with Crippen LogP contribution in [-0.2, 0) is 23.0 Å². The Bertz CT molecular complexity index is 1160. The average Bonchev–Trinajstić information content (AvgIpc) is 3.10. The Morgan fingerprint density at radius 3 is 2.36 bits per heavy atom. The van der Waals surface area contributed by atoms with Crippen molar-refractivity contribution < 1.29 is 18.0 Å². The number of hydrogen-bond acceptors (Lipinski definition) is 6. The summed E-state index contributed by atoms with van der Waals surface area (Å²) in [4.78, 5) is 28.3. The fourth-order valence-electron chi connectivity index (χ4n) is 4.78. The Morgan fingerprint density at radius 1 is 1.12 bits per heavy atom.